The molecule has 0 spiro atoms. The van der Waals surface area contributed by atoms with Gasteiger partial charge in [0.25, 0.3) is 0 Å². The second-order valence-electron chi connectivity index (χ2n) is 11.5. The van der Waals surface area contributed by atoms with Crippen LogP contribution in [0.5, 0.6) is 17.2 Å². The molecule has 5 unspecified atom stereocenters. The van der Waals surface area contributed by atoms with E-state index in [2.05, 4.69) is 17.3 Å². The summed E-state index contributed by atoms with van der Waals surface area (Å²) in [7, 11) is 3.65. The third-order valence-corrected chi connectivity index (χ3v) is 10.2. The number of ether oxygens (including phenoxy) is 2. The van der Waals surface area contributed by atoms with Crippen molar-refractivity contribution in [3.63, 3.8) is 0 Å². The van der Waals surface area contributed by atoms with Gasteiger partial charge in [-0.1, -0.05) is 24.3 Å². The molecule has 3 aromatic carbocycles. The predicted octanol–water partition coefficient (Wildman–Crippen LogP) is 3.26. The van der Waals surface area contributed by atoms with Crippen LogP contribution in [0.25, 0.3) is 0 Å². The highest BCUT2D eigenvalue weighted by molar-refractivity contribution is 8.01. The van der Waals surface area contributed by atoms with Gasteiger partial charge in [-0.2, -0.15) is 0 Å². The molecule has 3 aliphatic rings. The summed E-state index contributed by atoms with van der Waals surface area (Å²) in [5, 5.41) is 2.65. The molecule has 2 aliphatic heterocycles. The molecule has 0 radical (unpaired) electrons. The van der Waals surface area contributed by atoms with E-state index in [0.717, 1.165) is 42.0 Å². The lowest BCUT2D eigenvalue weighted by Crippen LogP contribution is -2.61. The van der Waals surface area contributed by atoms with Gasteiger partial charge in [0.2, 0.25) is 5.91 Å². The minimum atomic E-state index is -1.52. The molecule has 0 saturated carbocycles. The minimum absolute atomic E-state index is 0.0562. The van der Waals surface area contributed by atoms with Gasteiger partial charge in [-0.3, -0.25) is 9.59 Å². The minimum Gasteiger partial charge on any atom is -0.493 e. The number of carbonyl (C=O) groups is 2. The molecular formula is C32H37N5O4S. The molecule has 0 bridgehead atoms. The Balaban J connectivity index is 1.35. The fraction of sp³-hybridized carbons (Fsp3) is 0.375. The van der Waals surface area contributed by atoms with Crippen molar-refractivity contribution in [2.45, 2.75) is 53.5 Å². The first kappa shape index (κ1) is 28.5. The van der Waals surface area contributed by atoms with Crippen molar-refractivity contribution in [1.82, 2.24) is 10.2 Å². The summed E-state index contributed by atoms with van der Waals surface area (Å²) in [6, 6.07) is 15.5. The molecule has 1 saturated heterocycles. The maximum Gasteiger partial charge on any atom is 0.234 e. The molecule has 1 fully saturated rings. The maximum atomic E-state index is 14.2. The number of nitrogens with two attached hydrogens (primary N) is 3. The summed E-state index contributed by atoms with van der Waals surface area (Å²) in [6.07, 6.45) is 1.95. The molecule has 42 heavy (non-hydrogen) atoms. The first-order valence-corrected chi connectivity index (χ1v) is 15.1. The van der Waals surface area contributed by atoms with Crippen molar-refractivity contribution in [2.75, 3.05) is 33.0 Å². The van der Waals surface area contributed by atoms with Crippen LogP contribution in [0.4, 0.5) is 5.69 Å². The van der Waals surface area contributed by atoms with E-state index in [0.29, 0.717) is 34.1 Å². The van der Waals surface area contributed by atoms with Crippen molar-refractivity contribution >= 4 is 29.1 Å². The second kappa shape index (κ2) is 10.9. The van der Waals surface area contributed by atoms with Crippen LogP contribution in [0.15, 0.2) is 59.5 Å². The van der Waals surface area contributed by atoms with E-state index in [4.69, 9.17) is 26.7 Å². The van der Waals surface area contributed by atoms with Crippen LogP contribution in [-0.4, -0.2) is 61.2 Å². The van der Waals surface area contributed by atoms with Gasteiger partial charge in [0.05, 0.1) is 18.4 Å². The molecule has 10 heteroatoms. The van der Waals surface area contributed by atoms with Crippen LogP contribution in [0.1, 0.15) is 41.0 Å². The van der Waals surface area contributed by atoms with E-state index in [1.807, 2.05) is 49.4 Å². The Kier molecular flexibility index (Phi) is 7.43. The van der Waals surface area contributed by atoms with Gasteiger partial charge in [-0.05, 0) is 85.9 Å². The molecule has 1 aliphatic carbocycles. The van der Waals surface area contributed by atoms with Crippen molar-refractivity contribution in [3.8, 4) is 17.2 Å². The molecule has 3 aromatic rings. The zero-order valence-electron chi connectivity index (χ0n) is 24.1. The normalized spacial score (nSPS) is 26.9. The van der Waals surface area contributed by atoms with Gasteiger partial charge in [0, 0.05) is 29.1 Å². The largest absolute Gasteiger partial charge is 0.493 e. The zero-order chi connectivity index (χ0) is 29.8. The van der Waals surface area contributed by atoms with E-state index in [1.54, 1.807) is 19.2 Å². The number of likely N-dealkylation sites (N-methyl/N-ethyl adjacent to an activating group) is 1. The van der Waals surface area contributed by atoms with Gasteiger partial charge < -0.3 is 36.9 Å². The third-order valence-electron chi connectivity index (χ3n) is 8.78. The van der Waals surface area contributed by atoms with Crippen molar-refractivity contribution in [2.24, 2.45) is 11.5 Å². The van der Waals surface area contributed by atoms with Crippen LogP contribution >= 0.6 is 11.8 Å². The second-order valence-corrected chi connectivity index (χ2v) is 12.7. The predicted molar refractivity (Wildman–Crippen MR) is 164 cm³/mol. The molecule has 9 nitrogen and oxygen atoms in total. The average Bonchev–Trinajstić information content (AvgIpc) is 3.38. The first-order chi connectivity index (χ1) is 20.1. The lowest BCUT2D eigenvalue weighted by molar-refractivity contribution is -0.126. The van der Waals surface area contributed by atoms with Gasteiger partial charge in [0.1, 0.15) is 11.3 Å². The number of likely N-dealkylation sites (tertiary alicyclic amines) is 1. The number of rotatable bonds is 6. The Labute approximate surface area is 250 Å². The van der Waals surface area contributed by atoms with E-state index >= 15 is 0 Å². The molecule has 7 N–H and O–H groups in total. The van der Waals surface area contributed by atoms with Gasteiger partial charge in [-0.15, -0.1) is 11.8 Å². The average molecular weight is 588 g/mol. The lowest BCUT2D eigenvalue weighted by atomic mass is 9.64. The quantitative estimate of drug-likeness (QED) is 0.319. The Morgan fingerprint density at radius 2 is 1.86 bits per heavy atom. The standard InChI is InChI=1S/C32H37N5O4S/c1-17-15-19(41-24-9-5-4-8-23(24)40-3)10-11-20(17)32(35)21-12-13-22(33)28-25(21)26(27(34)30(32)38)29(42-28)31(39)36-18-7-6-14-37(2)16-18/h4-5,8-13,15,18,26-27,29H,6-7,14,16,33-35H2,1-3H3,(H,36,39). The van der Waals surface area contributed by atoms with Crippen molar-refractivity contribution in [1.29, 1.82) is 0 Å². The van der Waals surface area contributed by atoms with Crippen molar-refractivity contribution < 1.29 is 19.1 Å². The van der Waals surface area contributed by atoms with Crippen LogP contribution in [0, 0.1) is 6.92 Å². The summed E-state index contributed by atoms with van der Waals surface area (Å²) in [6.45, 7) is 3.71. The highest BCUT2D eigenvalue weighted by Gasteiger charge is 2.57. The fourth-order valence-electron chi connectivity index (χ4n) is 6.74. The number of Topliss-reactive ketones (excluding diaryl/α,β-unsaturated/α-hetero) is 1. The molecular weight excluding hydrogens is 550 g/mol. The number of carbonyl (C=O) groups excluding carboxylic acids is 2. The molecule has 0 aromatic heterocycles. The number of hydrogen-bond donors (Lipinski definition) is 4. The topological polar surface area (TPSA) is 146 Å². The highest BCUT2D eigenvalue weighted by atomic mass is 32.2. The smallest absolute Gasteiger partial charge is 0.234 e. The number of nitrogens with one attached hydrogen (secondary N) is 1. The summed E-state index contributed by atoms with van der Waals surface area (Å²) in [4.78, 5) is 30.9. The van der Waals surface area contributed by atoms with Gasteiger partial charge >= 0.3 is 0 Å². The third kappa shape index (κ3) is 4.63. The maximum absolute atomic E-state index is 14.2. The number of amides is 1. The van der Waals surface area contributed by atoms with Crippen LogP contribution in [0.2, 0.25) is 0 Å². The van der Waals surface area contributed by atoms with E-state index < -0.39 is 22.7 Å². The Hall–Kier alpha value is -3.57. The number of nitrogens with zero attached hydrogens (tertiary/aromatic N) is 1. The van der Waals surface area contributed by atoms with Crippen LogP contribution in [-0.2, 0) is 15.1 Å². The molecule has 2 heterocycles. The highest BCUT2D eigenvalue weighted by Crippen LogP contribution is 2.56. The van der Waals surface area contributed by atoms with E-state index in [1.165, 1.54) is 11.8 Å². The Morgan fingerprint density at radius 3 is 2.57 bits per heavy atom. The molecule has 220 valence electrons. The number of hydrogen-bond acceptors (Lipinski definition) is 9. The Morgan fingerprint density at radius 1 is 1.12 bits per heavy atom. The summed E-state index contributed by atoms with van der Waals surface area (Å²) < 4.78 is 11.5. The number of piperidine rings is 1. The number of nitrogen functional groups attached to an aromatic ring is 1. The van der Waals surface area contributed by atoms with Gasteiger partial charge in [-0.25, -0.2) is 0 Å². The number of para-hydroxylation sites is 2. The zero-order valence-corrected chi connectivity index (χ0v) is 24.9. The number of ketones is 1. The summed E-state index contributed by atoms with van der Waals surface area (Å²) >= 11 is 1.39. The molecule has 5 atom stereocenters. The SMILES string of the molecule is COc1ccccc1Oc1ccc(C2(N)C(=O)C(N)C3c4c2ccc(N)c4SC3C(=O)NC2CCCN(C)C2)c(C)c1. The van der Waals surface area contributed by atoms with Gasteiger partial charge in [0.15, 0.2) is 17.3 Å². The van der Waals surface area contributed by atoms with E-state index in [9.17, 15) is 9.59 Å². The van der Waals surface area contributed by atoms with Crippen LogP contribution in [0.3, 0.4) is 0 Å². The number of anilines is 1. The number of methoxy groups -OCH3 is 1. The number of aryl methyl sites for hydroxylation is 1. The lowest BCUT2D eigenvalue weighted by Gasteiger charge is -2.42. The monoisotopic (exact) mass is 587 g/mol. The fourth-order valence-corrected chi connectivity index (χ4v) is 8.19. The van der Waals surface area contributed by atoms with E-state index in [-0.39, 0.29) is 17.7 Å². The molecule has 1 amide bonds. The van der Waals surface area contributed by atoms with Crippen LogP contribution < -0.4 is 32.0 Å². The number of benzene rings is 3. The first-order valence-electron chi connectivity index (χ1n) is 14.2. The molecule has 6 rings (SSSR count). The van der Waals surface area contributed by atoms with Crippen molar-refractivity contribution in [3.05, 3.63) is 76.9 Å². The summed E-state index contributed by atoms with van der Waals surface area (Å²) in [5.41, 5.74) is 22.2. The number of thioether (sulfide) groups is 1. The summed E-state index contributed by atoms with van der Waals surface area (Å²) in [5.74, 6) is 0.799. The Bertz CT molecular complexity index is 1560.